The summed E-state index contributed by atoms with van der Waals surface area (Å²) in [6.07, 6.45) is 3.89. The van der Waals surface area contributed by atoms with Crippen LogP contribution in [-0.4, -0.2) is 23.7 Å². The van der Waals surface area contributed by atoms with Crippen molar-refractivity contribution >= 4 is 5.91 Å². The molecule has 150 valence electrons. The van der Waals surface area contributed by atoms with Gasteiger partial charge in [-0.1, -0.05) is 36.4 Å². The normalized spacial score (nSPS) is 18.5. The van der Waals surface area contributed by atoms with E-state index in [4.69, 9.17) is 10.5 Å². The fraction of sp³-hybridized carbons (Fsp3) is 0.435. The Morgan fingerprint density at radius 1 is 1.25 bits per heavy atom. The highest BCUT2D eigenvalue weighted by atomic mass is 16.5. The van der Waals surface area contributed by atoms with Crippen LogP contribution in [0.5, 0.6) is 5.75 Å². The maximum atomic E-state index is 11.3. The lowest BCUT2D eigenvalue weighted by Gasteiger charge is -2.20. The van der Waals surface area contributed by atoms with Crippen LogP contribution >= 0.6 is 0 Å². The fourth-order valence-electron chi connectivity index (χ4n) is 3.93. The number of nitrogens with one attached hydrogen (secondary N) is 1. The lowest BCUT2D eigenvalue weighted by Crippen LogP contribution is -2.32. The third-order valence-corrected chi connectivity index (χ3v) is 5.31. The summed E-state index contributed by atoms with van der Waals surface area (Å²) in [7, 11) is 0. The highest BCUT2D eigenvalue weighted by Crippen LogP contribution is 2.29. The summed E-state index contributed by atoms with van der Waals surface area (Å²) < 4.78 is 5.69. The van der Waals surface area contributed by atoms with Gasteiger partial charge < -0.3 is 20.9 Å². The molecule has 3 atom stereocenters. The standard InChI is InChI=1S/C23H30N2O3/c1-16(26)25-23(24)19-11-10-18-7-5-6-17(12-20(18)14-19)13-21(27)15-28-22-8-3-2-4-9-22/h2-4,8-11,14,17,21,23,27H,5-7,12-13,15,24H2,1H3,(H,25,26)/t17?,21-,23?/m0/s1. The largest absolute Gasteiger partial charge is 0.491 e. The van der Waals surface area contributed by atoms with Crippen LogP contribution < -0.4 is 15.8 Å². The van der Waals surface area contributed by atoms with E-state index in [-0.39, 0.29) is 5.91 Å². The molecule has 0 saturated heterocycles. The summed E-state index contributed by atoms with van der Waals surface area (Å²) in [6, 6.07) is 15.8. The molecular formula is C23H30N2O3. The molecule has 1 amide bonds. The van der Waals surface area contributed by atoms with Crippen molar-refractivity contribution in [1.29, 1.82) is 0 Å². The first-order valence-corrected chi connectivity index (χ1v) is 10.0. The van der Waals surface area contributed by atoms with Gasteiger partial charge in [-0.3, -0.25) is 4.79 Å². The van der Waals surface area contributed by atoms with Gasteiger partial charge in [0.1, 0.15) is 18.5 Å². The molecule has 1 aliphatic rings. The van der Waals surface area contributed by atoms with Gasteiger partial charge in [0.25, 0.3) is 0 Å². The number of para-hydroxylation sites is 1. The van der Waals surface area contributed by atoms with Crippen LogP contribution in [-0.2, 0) is 17.6 Å². The van der Waals surface area contributed by atoms with Crippen molar-refractivity contribution in [3.8, 4) is 5.75 Å². The summed E-state index contributed by atoms with van der Waals surface area (Å²) in [5.74, 6) is 1.05. The molecular weight excluding hydrogens is 352 g/mol. The Morgan fingerprint density at radius 3 is 2.79 bits per heavy atom. The number of hydrogen-bond donors (Lipinski definition) is 3. The monoisotopic (exact) mass is 382 g/mol. The van der Waals surface area contributed by atoms with E-state index in [1.54, 1.807) is 0 Å². The molecule has 2 aromatic carbocycles. The van der Waals surface area contributed by atoms with Crippen molar-refractivity contribution in [2.45, 2.75) is 51.3 Å². The number of aliphatic hydroxyl groups is 1. The Labute approximate surface area is 166 Å². The Morgan fingerprint density at radius 2 is 2.04 bits per heavy atom. The molecule has 0 fully saturated rings. The number of fused-ring (bicyclic) bond motifs is 1. The molecule has 0 saturated carbocycles. The number of amides is 1. The van der Waals surface area contributed by atoms with Crippen LogP contribution in [0.25, 0.3) is 0 Å². The summed E-state index contributed by atoms with van der Waals surface area (Å²) in [5, 5.41) is 13.2. The Balaban J connectivity index is 1.60. The number of ether oxygens (including phenoxy) is 1. The molecule has 4 N–H and O–H groups in total. The van der Waals surface area contributed by atoms with Crippen LogP contribution in [0.4, 0.5) is 0 Å². The van der Waals surface area contributed by atoms with Crippen molar-refractivity contribution in [3.63, 3.8) is 0 Å². The summed E-state index contributed by atoms with van der Waals surface area (Å²) >= 11 is 0. The Hall–Kier alpha value is -2.37. The summed E-state index contributed by atoms with van der Waals surface area (Å²) in [5.41, 5.74) is 9.63. The predicted molar refractivity (Wildman–Crippen MR) is 110 cm³/mol. The second-order valence-corrected chi connectivity index (χ2v) is 7.68. The van der Waals surface area contributed by atoms with E-state index in [0.29, 0.717) is 18.9 Å². The van der Waals surface area contributed by atoms with Gasteiger partial charge in [-0.15, -0.1) is 0 Å². The topological polar surface area (TPSA) is 84.6 Å². The van der Waals surface area contributed by atoms with Crippen molar-refractivity contribution in [2.24, 2.45) is 11.7 Å². The number of benzene rings is 2. The molecule has 5 nitrogen and oxygen atoms in total. The highest BCUT2D eigenvalue weighted by molar-refractivity contribution is 5.73. The van der Waals surface area contributed by atoms with Gasteiger partial charge in [0.05, 0.1) is 6.10 Å². The van der Waals surface area contributed by atoms with Crippen molar-refractivity contribution in [1.82, 2.24) is 5.32 Å². The van der Waals surface area contributed by atoms with E-state index in [1.807, 2.05) is 36.4 Å². The molecule has 0 radical (unpaired) electrons. The first kappa shape index (κ1) is 20.4. The van der Waals surface area contributed by atoms with E-state index in [9.17, 15) is 9.90 Å². The number of rotatable bonds is 7. The number of carbonyl (C=O) groups is 1. The maximum Gasteiger partial charge on any atom is 0.218 e. The van der Waals surface area contributed by atoms with Gasteiger partial charge in [0.2, 0.25) is 5.91 Å². The maximum absolute atomic E-state index is 11.3. The van der Waals surface area contributed by atoms with Crippen LogP contribution in [0.2, 0.25) is 0 Å². The van der Waals surface area contributed by atoms with Crippen LogP contribution in [0.3, 0.4) is 0 Å². The molecule has 2 aromatic rings. The number of aryl methyl sites for hydroxylation is 1. The molecule has 2 unspecified atom stereocenters. The van der Waals surface area contributed by atoms with Crippen LogP contribution in [0.1, 0.15) is 49.0 Å². The van der Waals surface area contributed by atoms with E-state index in [2.05, 4.69) is 17.4 Å². The molecule has 0 aromatic heterocycles. The zero-order valence-electron chi connectivity index (χ0n) is 16.4. The lowest BCUT2D eigenvalue weighted by atomic mass is 9.91. The lowest BCUT2D eigenvalue weighted by molar-refractivity contribution is -0.119. The number of nitrogens with two attached hydrogens (primary N) is 1. The van der Waals surface area contributed by atoms with Crippen molar-refractivity contribution < 1.29 is 14.6 Å². The first-order valence-electron chi connectivity index (χ1n) is 10.0. The SMILES string of the molecule is CC(=O)NC(N)c1ccc2c(c1)CC(C[C@H](O)COc1ccccc1)CCC2. The van der Waals surface area contributed by atoms with Crippen LogP contribution in [0, 0.1) is 5.92 Å². The average molecular weight is 383 g/mol. The molecule has 0 spiro atoms. The highest BCUT2D eigenvalue weighted by Gasteiger charge is 2.21. The minimum Gasteiger partial charge on any atom is -0.491 e. The molecule has 0 bridgehead atoms. The summed E-state index contributed by atoms with van der Waals surface area (Å²) in [4.78, 5) is 11.3. The fourth-order valence-corrected chi connectivity index (χ4v) is 3.93. The Bertz CT molecular complexity index is 779. The third kappa shape index (κ3) is 5.81. The predicted octanol–water partition coefficient (Wildman–Crippen LogP) is 3.11. The minimum atomic E-state index is -0.491. The van der Waals surface area contributed by atoms with E-state index in [1.165, 1.54) is 18.1 Å². The molecule has 0 heterocycles. The average Bonchev–Trinajstić information content (AvgIpc) is 2.87. The third-order valence-electron chi connectivity index (χ3n) is 5.31. The van der Waals surface area contributed by atoms with Crippen molar-refractivity contribution in [2.75, 3.05) is 6.61 Å². The van der Waals surface area contributed by atoms with Crippen molar-refractivity contribution in [3.05, 3.63) is 65.2 Å². The smallest absolute Gasteiger partial charge is 0.218 e. The van der Waals surface area contributed by atoms with Gasteiger partial charge in [-0.05, 0) is 66.8 Å². The van der Waals surface area contributed by atoms with Crippen LogP contribution in [0.15, 0.2) is 48.5 Å². The molecule has 3 rings (SSSR count). The zero-order chi connectivity index (χ0) is 19.9. The zero-order valence-corrected chi connectivity index (χ0v) is 16.4. The number of hydrogen-bond acceptors (Lipinski definition) is 4. The van der Waals surface area contributed by atoms with Gasteiger partial charge in [0, 0.05) is 6.92 Å². The van der Waals surface area contributed by atoms with E-state index >= 15 is 0 Å². The molecule has 0 aliphatic heterocycles. The molecule has 5 heteroatoms. The molecule has 1 aliphatic carbocycles. The first-order chi connectivity index (χ1) is 13.5. The number of carbonyl (C=O) groups excluding carboxylic acids is 1. The minimum absolute atomic E-state index is 0.137. The Kier molecular flexibility index (Phi) is 7.06. The number of aliphatic hydroxyl groups excluding tert-OH is 1. The van der Waals surface area contributed by atoms with Gasteiger partial charge in [0.15, 0.2) is 0 Å². The van der Waals surface area contributed by atoms with E-state index in [0.717, 1.165) is 37.0 Å². The summed E-state index contributed by atoms with van der Waals surface area (Å²) in [6.45, 7) is 1.78. The quantitative estimate of drug-likeness (QED) is 0.507. The molecule has 28 heavy (non-hydrogen) atoms. The second kappa shape index (κ2) is 9.71. The van der Waals surface area contributed by atoms with Gasteiger partial charge >= 0.3 is 0 Å². The van der Waals surface area contributed by atoms with Gasteiger partial charge in [-0.25, -0.2) is 0 Å². The van der Waals surface area contributed by atoms with Gasteiger partial charge in [-0.2, -0.15) is 0 Å². The second-order valence-electron chi connectivity index (χ2n) is 7.68. The van der Waals surface area contributed by atoms with E-state index < -0.39 is 12.3 Å².